The second-order valence-electron chi connectivity index (χ2n) is 12.9. The molecule has 238 valence electrons. The Hall–Kier alpha value is -6.91. The highest BCUT2D eigenvalue weighted by molar-refractivity contribution is 6.18. The molecule has 0 spiro atoms. The van der Waals surface area contributed by atoms with Gasteiger partial charge in [-0.05, 0) is 51.6 Å². The first kappa shape index (κ1) is 29.0. The largest absolute Gasteiger partial charge is 0.308 e. The highest BCUT2D eigenvalue weighted by atomic mass is 15.1. The Balaban J connectivity index is 1.22. The SMILES string of the molecule is c1ccc(-c2ccc(-c3nc(-c4ccc5ccccc5c4)nc(-c4ccccc4-n4c5ccccc5c5ccc6ccccc6c54)n3)cc2)cc1. The summed E-state index contributed by atoms with van der Waals surface area (Å²) in [5, 5.41) is 7.14. The van der Waals surface area contributed by atoms with Crippen molar-refractivity contribution in [2.24, 2.45) is 0 Å². The molecular formula is C47H30N4. The molecule has 4 nitrogen and oxygen atoms in total. The maximum absolute atomic E-state index is 5.23. The first-order chi connectivity index (χ1) is 25.3. The standard InChI is InChI=1S/C47H30N4/c1-2-12-31(13-3-1)33-22-25-35(26-23-33)45-48-46(37-27-24-32-14-4-5-16-36(32)30-37)50-47(49-45)41-19-9-11-21-43(41)51-42-20-10-8-18-39(42)40-29-28-34-15-6-7-17-38(34)44(40)51/h1-30H. The second kappa shape index (κ2) is 11.9. The molecule has 4 heteroatoms. The van der Waals surface area contributed by atoms with E-state index in [0.29, 0.717) is 17.5 Å². The predicted octanol–water partition coefficient (Wildman–Crippen LogP) is 11.9. The molecule has 0 atom stereocenters. The maximum atomic E-state index is 5.23. The van der Waals surface area contributed by atoms with Crippen LogP contribution in [0.1, 0.15) is 0 Å². The smallest absolute Gasteiger partial charge is 0.166 e. The Morgan fingerprint density at radius 1 is 0.333 bits per heavy atom. The molecule has 2 heterocycles. The van der Waals surface area contributed by atoms with Crippen molar-refractivity contribution in [3.8, 4) is 51.0 Å². The van der Waals surface area contributed by atoms with Crippen LogP contribution < -0.4 is 0 Å². The van der Waals surface area contributed by atoms with Crippen LogP contribution in [-0.4, -0.2) is 19.5 Å². The van der Waals surface area contributed by atoms with Gasteiger partial charge in [0, 0.05) is 32.8 Å². The zero-order chi connectivity index (χ0) is 33.7. The van der Waals surface area contributed by atoms with Gasteiger partial charge in [0.1, 0.15) is 0 Å². The van der Waals surface area contributed by atoms with Crippen molar-refractivity contribution < 1.29 is 0 Å². The molecule has 0 amide bonds. The number of rotatable bonds is 5. The van der Waals surface area contributed by atoms with Gasteiger partial charge in [0.25, 0.3) is 0 Å². The molecule has 0 aliphatic heterocycles. The number of fused-ring (bicyclic) bond motifs is 6. The zero-order valence-corrected chi connectivity index (χ0v) is 27.6. The van der Waals surface area contributed by atoms with Crippen molar-refractivity contribution in [2.45, 2.75) is 0 Å². The third kappa shape index (κ3) is 4.96. The predicted molar refractivity (Wildman–Crippen MR) is 211 cm³/mol. The van der Waals surface area contributed by atoms with Crippen molar-refractivity contribution in [1.29, 1.82) is 0 Å². The maximum Gasteiger partial charge on any atom is 0.166 e. The third-order valence-electron chi connectivity index (χ3n) is 9.84. The van der Waals surface area contributed by atoms with Crippen molar-refractivity contribution >= 4 is 43.4 Å². The lowest BCUT2D eigenvalue weighted by atomic mass is 10.0. The van der Waals surface area contributed by atoms with Crippen LogP contribution in [0.15, 0.2) is 182 Å². The summed E-state index contributed by atoms with van der Waals surface area (Å²) in [6.45, 7) is 0. The molecule has 0 unspecified atom stereocenters. The lowest BCUT2D eigenvalue weighted by Crippen LogP contribution is -2.03. The van der Waals surface area contributed by atoms with Gasteiger partial charge >= 0.3 is 0 Å². The molecule has 0 radical (unpaired) electrons. The zero-order valence-electron chi connectivity index (χ0n) is 27.6. The van der Waals surface area contributed by atoms with E-state index in [1.54, 1.807) is 0 Å². The first-order valence-electron chi connectivity index (χ1n) is 17.2. The lowest BCUT2D eigenvalue weighted by Gasteiger charge is -2.15. The van der Waals surface area contributed by atoms with Gasteiger partial charge in [-0.15, -0.1) is 0 Å². The van der Waals surface area contributed by atoms with E-state index in [-0.39, 0.29) is 0 Å². The fraction of sp³-hybridized carbons (Fsp3) is 0. The van der Waals surface area contributed by atoms with Crippen LogP contribution in [0, 0.1) is 0 Å². The highest BCUT2D eigenvalue weighted by Crippen LogP contribution is 2.39. The molecule has 8 aromatic carbocycles. The molecule has 0 aliphatic rings. The van der Waals surface area contributed by atoms with E-state index in [1.807, 2.05) is 6.07 Å². The highest BCUT2D eigenvalue weighted by Gasteiger charge is 2.20. The Labute approximate surface area is 295 Å². The number of benzene rings is 8. The molecule has 10 rings (SSSR count). The normalized spacial score (nSPS) is 11.5. The van der Waals surface area contributed by atoms with Gasteiger partial charge in [-0.1, -0.05) is 158 Å². The molecule has 0 saturated carbocycles. The molecule has 0 bridgehead atoms. The van der Waals surface area contributed by atoms with Crippen molar-refractivity contribution in [3.63, 3.8) is 0 Å². The van der Waals surface area contributed by atoms with E-state index < -0.39 is 0 Å². The lowest BCUT2D eigenvalue weighted by molar-refractivity contribution is 1.07. The number of hydrogen-bond donors (Lipinski definition) is 0. The van der Waals surface area contributed by atoms with Gasteiger partial charge < -0.3 is 4.57 Å². The average molecular weight is 651 g/mol. The number of hydrogen-bond acceptors (Lipinski definition) is 3. The summed E-state index contributed by atoms with van der Waals surface area (Å²) in [5.41, 5.74) is 8.44. The summed E-state index contributed by atoms with van der Waals surface area (Å²) in [7, 11) is 0. The Kier molecular flexibility index (Phi) is 6.78. The van der Waals surface area contributed by atoms with Gasteiger partial charge in [-0.2, -0.15) is 0 Å². The van der Waals surface area contributed by atoms with Crippen molar-refractivity contribution in [1.82, 2.24) is 19.5 Å². The molecular weight excluding hydrogens is 621 g/mol. The molecule has 0 aliphatic carbocycles. The summed E-state index contributed by atoms with van der Waals surface area (Å²) in [6.07, 6.45) is 0. The van der Waals surface area contributed by atoms with Crippen LogP contribution in [0.4, 0.5) is 0 Å². The molecule has 0 saturated heterocycles. The number of nitrogens with zero attached hydrogens (tertiary/aromatic N) is 4. The molecule has 2 aromatic heterocycles. The van der Waals surface area contributed by atoms with Crippen LogP contribution in [0.2, 0.25) is 0 Å². The number of para-hydroxylation sites is 2. The van der Waals surface area contributed by atoms with E-state index in [1.165, 1.54) is 38.0 Å². The second-order valence-corrected chi connectivity index (χ2v) is 12.9. The summed E-state index contributed by atoms with van der Waals surface area (Å²) in [4.78, 5) is 15.6. The molecule has 0 fully saturated rings. The van der Waals surface area contributed by atoms with Crippen LogP contribution in [0.25, 0.3) is 94.3 Å². The van der Waals surface area contributed by atoms with Crippen molar-refractivity contribution in [3.05, 3.63) is 182 Å². The summed E-state index contributed by atoms with van der Waals surface area (Å²) in [6, 6.07) is 63.9. The Bertz CT molecular complexity index is 2910. The quantitative estimate of drug-likeness (QED) is 0.186. The van der Waals surface area contributed by atoms with Gasteiger partial charge in [0.2, 0.25) is 0 Å². The van der Waals surface area contributed by atoms with Crippen LogP contribution in [0.5, 0.6) is 0 Å². The molecule has 51 heavy (non-hydrogen) atoms. The minimum absolute atomic E-state index is 0.622. The van der Waals surface area contributed by atoms with Crippen molar-refractivity contribution in [2.75, 3.05) is 0 Å². The minimum Gasteiger partial charge on any atom is -0.308 e. The van der Waals surface area contributed by atoms with Crippen LogP contribution >= 0.6 is 0 Å². The summed E-state index contributed by atoms with van der Waals surface area (Å²) >= 11 is 0. The van der Waals surface area contributed by atoms with E-state index >= 15 is 0 Å². The van der Waals surface area contributed by atoms with E-state index in [0.717, 1.165) is 38.8 Å². The summed E-state index contributed by atoms with van der Waals surface area (Å²) in [5.74, 6) is 1.89. The van der Waals surface area contributed by atoms with Gasteiger partial charge in [0.15, 0.2) is 17.5 Å². The topological polar surface area (TPSA) is 43.6 Å². The number of aromatic nitrogens is 4. The van der Waals surface area contributed by atoms with Gasteiger partial charge in [-0.25, -0.2) is 15.0 Å². The third-order valence-corrected chi connectivity index (χ3v) is 9.84. The summed E-state index contributed by atoms with van der Waals surface area (Å²) < 4.78 is 2.39. The van der Waals surface area contributed by atoms with E-state index in [2.05, 4.69) is 180 Å². The van der Waals surface area contributed by atoms with Crippen LogP contribution in [-0.2, 0) is 0 Å². The Morgan fingerprint density at radius 3 is 1.75 bits per heavy atom. The molecule has 0 N–H and O–H groups in total. The van der Waals surface area contributed by atoms with E-state index in [9.17, 15) is 0 Å². The fourth-order valence-electron chi connectivity index (χ4n) is 7.36. The molecule has 10 aromatic rings. The average Bonchev–Trinajstić information content (AvgIpc) is 3.56. The van der Waals surface area contributed by atoms with Gasteiger partial charge in [0.05, 0.1) is 16.7 Å². The van der Waals surface area contributed by atoms with Crippen LogP contribution in [0.3, 0.4) is 0 Å². The first-order valence-corrected chi connectivity index (χ1v) is 17.2. The van der Waals surface area contributed by atoms with E-state index in [4.69, 9.17) is 15.0 Å². The monoisotopic (exact) mass is 650 g/mol. The Morgan fingerprint density at radius 2 is 0.902 bits per heavy atom. The van der Waals surface area contributed by atoms with Gasteiger partial charge in [-0.3, -0.25) is 0 Å². The fourth-order valence-corrected chi connectivity index (χ4v) is 7.36. The minimum atomic E-state index is 0.622.